The first-order valence-corrected chi connectivity index (χ1v) is 5.54. The summed E-state index contributed by atoms with van der Waals surface area (Å²) in [7, 11) is 0. The van der Waals surface area contributed by atoms with E-state index < -0.39 is 0 Å². The van der Waals surface area contributed by atoms with Gasteiger partial charge >= 0.3 is 0 Å². The van der Waals surface area contributed by atoms with Crippen molar-refractivity contribution in [1.82, 2.24) is 15.0 Å². The number of rotatable bonds is 1. The molecule has 0 spiro atoms. The van der Waals surface area contributed by atoms with Gasteiger partial charge in [0.05, 0.1) is 0 Å². The summed E-state index contributed by atoms with van der Waals surface area (Å²) < 4.78 is 5.12. The average Bonchev–Trinajstić information content (AvgIpc) is 2.66. The minimum Gasteiger partial charge on any atom is -0.335 e. The lowest BCUT2D eigenvalue weighted by molar-refractivity contribution is 0.163. The van der Waals surface area contributed by atoms with Crippen LogP contribution in [0.1, 0.15) is 24.6 Å². The highest BCUT2D eigenvalue weighted by Gasteiger charge is 2.29. The fourth-order valence-corrected chi connectivity index (χ4v) is 2.54. The van der Waals surface area contributed by atoms with Crippen LogP contribution in [0.2, 0.25) is 0 Å². The van der Waals surface area contributed by atoms with Crippen molar-refractivity contribution in [3.05, 3.63) is 17.3 Å². The topological polar surface area (TPSA) is 42.2 Å². The summed E-state index contributed by atoms with van der Waals surface area (Å²) in [6.45, 7) is 5.45. The van der Waals surface area contributed by atoms with Crippen molar-refractivity contribution in [2.75, 3.05) is 19.6 Å². The molecule has 3 aliphatic rings. The van der Waals surface area contributed by atoms with E-state index in [4.69, 9.17) is 4.52 Å². The van der Waals surface area contributed by atoms with Gasteiger partial charge in [0, 0.05) is 12.6 Å². The highest BCUT2D eigenvalue weighted by Crippen LogP contribution is 2.32. The highest BCUT2D eigenvalue weighted by molar-refractivity contribution is 5.46. The van der Waals surface area contributed by atoms with Crippen LogP contribution in [0.3, 0.4) is 0 Å². The zero-order chi connectivity index (χ0) is 10.3. The molecule has 0 aliphatic carbocycles. The summed E-state index contributed by atoms with van der Waals surface area (Å²) in [5.74, 6) is 2.13. The van der Waals surface area contributed by atoms with Crippen molar-refractivity contribution in [3.8, 4) is 0 Å². The van der Waals surface area contributed by atoms with Crippen LogP contribution in [0.25, 0.3) is 6.08 Å². The van der Waals surface area contributed by atoms with E-state index in [9.17, 15) is 0 Å². The second kappa shape index (κ2) is 3.45. The van der Waals surface area contributed by atoms with Gasteiger partial charge in [-0.25, -0.2) is 0 Å². The second-order valence-electron chi connectivity index (χ2n) is 4.45. The maximum atomic E-state index is 5.12. The van der Waals surface area contributed by atoms with Crippen LogP contribution in [-0.4, -0.2) is 34.7 Å². The molecule has 4 rings (SSSR count). The molecule has 3 fully saturated rings. The molecular formula is C11H15N3O. The van der Waals surface area contributed by atoms with Gasteiger partial charge in [-0.05, 0) is 44.3 Å². The third-order valence-electron chi connectivity index (χ3n) is 3.37. The Kier molecular flexibility index (Phi) is 2.09. The van der Waals surface area contributed by atoms with E-state index in [1.807, 2.05) is 6.92 Å². The highest BCUT2D eigenvalue weighted by atomic mass is 16.5. The molecule has 4 nitrogen and oxygen atoms in total. The van der Waals surface area contributed by atoms with E-state index in [1.165, 1.54) is 31.5 Å². The zero-order valence-corrected chi connectivity index (χ0v) is 8.94. The van der Waals surface area contributed by atoms with Gasteiger partial charge in [0.15, 0.2) is 5.82 Å². The molecule has 0 unspecified atom stereocenters. The van der Waals surface area contributed by atoms with E-state index in [0.29, 0.717) is 11.7 Å². The lowest BCUT2D eigenvalue weighted by Crippen LogP contribution is -2.42. The molecule has 0 radical (unpaired) electrons. The monoisotopic (exact) mass is 205 g/mol. The lowest BCUT2D eigenvalue weighted by Gasteiger charge is -2.40. The summed E-state index contributed by atoms with van der Waals surface area (Å²) in [6, 6.07) is 0. The normalized spacial score (nSPS) is 32.5. The fourth-order valence-electron chi connectivity index (χ4n) is 2.54. The first kappa shape index (κ1) is 9.09. The van der Waals surface area contributed by atoms with Crippen LogP contribution < -0.4 is 0 Å². The van der Waals surface area contributed by atoms with Gasteiger partial charge in [0.2, 0.25) is 0 Å². The molecule has 4 heteroatoms. The Balaban J connectivity index is 1.85. The summed E-state index contributed by atoms with van der Waals surface area (Å²) in [5.41, 5.74) is 1.47. The van der Waals surface area contributed by atoms with Crippen LogP contribution in [0.15, 0.2) is 10.1 Å². The SMILES string of the molecule is Cc1noc(C=C2CN3CCC2CC3)n1. The largest absolute Gasteiger partial charge is 0.335 e. The standard InChI is InChI=1S/C11H15N3O/c1-8-12-11(15-13-8)6-10-7-14-4-2-9(10)3-5-14/h6,9H,2-5,7H2,1H3. The molecule has 15 heavy (non-hydrogen) atoms. The Morgan fingerprint density at radius 1 is 1.40 bits per heavy atom. The summed E-state index contributed by atoms with van der Waals surface area (Å²) in [5, 5.41) is 3.80. The van der Waals surface area contributed by atoms with Crippen LogP contribution in [0, 0.1) is 12.8 Å². The third kappa shape index (κ3) is 1.69. The Labute approximate surface area is 89.0 Å². The predicted octanol–water partition coefficient (Wildman–Crippen LogP) is 1.49. The van der Waals surface area contributed by atoms with Gasteiger partial charge in [-0.1, -0.05) is 5.16 Å². The maximum absolute atomic E-state index is 5.12. The molecule has 3 saturated heterocycles. The minimum atomic E-state index is 0.663. The average molecular weight is 205 g/mol. The molecule has 0 aromatic carbocycles. The number of piperidine rings is 3. The van der Waals surface area contributed by atoms with Crippen molar-refractivity contribution < 1.29 is 4.52 Å². The van der Waals surface area contributed by atoms with E-state index in [-0.39, 0.29) is 0 Å². The van der Waals surface area contributed by atoms with Gasteiger partial charge in [0.25, 0.3) is 5.89 Å². The molecule has 1 aromatic heterocycles. The zero-order valence-electron chi connectivity index (χ0n) is 8.94. The van der Waals surface area contributed by atoms with Gasteiger partial charge in [-0.15, -0.1) is 0 Å². The van der Waals surface area contributed by atoms with E-state index in [2.05, 4.69) is 21.1 Å². The Bertz CT molecular complexity index is 388. The van der Waals surface area contributed by atoms with E-state index >= 15 is 0 Å². The van der Waals surface area contributed by atoms with Crippen LogP contribution >= 0.6 is 0 Å². The lowest BCUT2D eigenvalue weighted by atomic mass is 9.83. The summed E-state index contributed by atoms with van der Waals surface area (Å²) in [6.07, 6.45) is 4.66. The molecule has 2 bridgehead atoms. The van der Waals surface area contributed by atoms with Crippen molar-refractivity contribution in [3.63, 3.8) is 0 Å². The first-order chi connectivity index (χ1) is 7.31. The molecule has 80 valence electrons. The Hall–Kier alpha value is -1.16. The van der Waals surface area contributed by atoms with Gasteiger partial charge < -0.3 is 4.52 Å². The number of fused-ring (bicyclic) bond motifs is 3. The van der Waals surface area contributed by atoms with Gasteiger partial charge in [0.1, 0.15) is 0 Å². The number of aryl methyl sites for hydroxylation is 1. The summed E-state index contributed by atoms with van der Waals surface area (Å²) >= 11 is 0. The van der Waals surface area contributed by atoms with Crippen molar-refractivity contribution >= 4 is 6.08 Å². The first-order valence-electron chi connectivity index (χ1n) is 5.54. The van der Waals surface area contributed by atoms with Crippen molar-refractivity contribution in [1.29, 1.82) is 0 Å². The smallest absolute Gasteiger partial charge is 0.250 e. The minimum absolute atomic E-state index is 0.663. The van der Waals surface area contributed by atoms with E-state index in [0.717, 1.165) is 12.5 Å². The molecular weight excluding hydrogens is 190 g/mol. The Morgan fingerprint density at radius 2 is 2.20 bits per heavy atom. The van der Waals surface area contributed by atoms with Crippen LogP contribution in [0.4, 0.5) is 0 Å². The van der Waals surface area contributed by atoms with Crippen LogP contribution in [-0.2, 0) is 0 Å². The van der Waals surface area contributed by atoms with Crippen molar-refractivity contribution in [2.45, 2.75) is 19.8 Å². The van der Waals surface area contributed by atoms with Gasteiger partial charge in [-0.2, -0.15) is 4.98 Å². The third-order valence-corrected chi connectivity index (χ3v) is 3.37. The molecule has 4 heterocycles. The van der Waals surface area contributed by atoms with Crippen molar-refractivity contribution in [2.24, 2.45) is 5.92 Å². The molecule has 0 saturated carbocycles. The molecule has 0 amide bonds. The second-order valence-corrected chi connectivity index (χ2v) is 4.45. The quantitative estimate of drug-likeness (QED) is 0.696. The molecule has 0 N–H and O–H groups in total. The molecule has 1 aromatic rings. The molecule has 3 aliphatic heterocycles. The van der Waals surface area contributed by atoms with Crippen LogP contribution in [0.5, 0.6) is 0 Å². The maximum Gasteiger partial charge on any atom is 0.250 e. The number of aromatic nitrogens is 2. The number of hydrogen-bond donors (Lipinski definition) is 0. The van der Waals surface area contributed by atoms with Gasteiger partial charge in [-0.3, -0.25) is 4.90 Å². The predicted molar refractivity (Wildman–Crippen MR) is 56.2 cm³/mol. The summed E-state index contributed by atoms with van der Waals surface area (Å²) in [4.78, 5) is 6.71. The number of hydrogen-bond acceptors (Lipinski definition) is 4. The fraction of sp³-hybridized carbons (Fsp3) is 0.636. The Morgan fingerprint density at radius 3 is 2.73 bits per heavy atom. The molecule has 0 atom stereocenters. The van der Waals surface area contributed by atoms with E-state index in [1.54, 1.807) is 0 Å². The number of nitrogens with zero attached hydrogens (tertiary/aromatic N) is 3.